The van der Waals surface area contributed by atoms with Crippen LogP contribution in [-0.2, 0) is 19.0 Å². The Kier molecular flexibility index (Phi) is 4.70. The van der Waals surface area contributed by atoms with Gasteiger partial charge in [-0.25, -0.2) is 4.98 Å². The number of amides is 1. The summed E-state index contributed by atoms with van der Waals surface area (Å²) in [5, 5.41) is 0. The maximum atomic E-state index is 12.9. The number of rotatable bonds is 4. The molecule has 0 atom stereocenters. The fourth-order valence-corrected chi connectivity index (χ4v) is 3.58. The smallest absolute Gasteiger partial charge is 0.366 e. The Morgan fingerprint density at radius 1 is 1.14 bits per heavy atom. The second-order valence-corrected chi connectivity index (χ2v) is 6.81. The van der Waals surface area contributed by atoms with Crippen molar-refractivity contribution in [2.24, 2.45) is 5.73 Å². The second-order valence-electron chi connectivity index (χ2n) is 6.81. The highest BCUT2D eigenvalue weighted by Gasteiger charge is 2.30. The van der Waals surface area contributed by atoms with Gasteiger partial charge < -0.3 is 10.6 Å². The van der Waals surface area contributed by atoms with Gasteiger partial charge in [-0.05, 0) is 35.7 Å². The van der Waals surface area contributed by atoms with Gasteiger partial charge in [-0.15, -0.1) is 0 Å². The fraction of sp³-hybridized carbons (Fsp3) is 0.190. The summed E-state index contributed by atoms with van der Waals surface area (Å²) < 4.78 is 38.8. The van der Waals surface area contributed by atoms with Crippen molar-refractivity contribution in [1.82, 2.24) is 9.97 Å². The van der Waals surface area contributed by atoms with Crippen molar-refractivity contribution >= 4 is 17.4 Å². The molecule has 0 saturated carbocycles. The van der Waals surface area contributed by atoms with E-state index in [4.69, 9.17) is 5.73 Å². The van der Waals surface area contributed by atoms with E-state index < -0.39 is 17.6 Å². The van der Waals surface area contributed by atoms with E-state index in [-0.39, 0.29) is 6.42 Å². The SMILES string of the molecule is NC(=O)c1cccc2c1CCN2c1cncc(Cc2cccc(C(F)(F)F)c2)n1. The number of hydrogen-bond donors (Lipinski definition) is 1. The van der Waals surface area contributed by atoms with Crippen LogP contribution < -0.4 is 10.6 Å². The highest BCUT2D eigenvalue weighted by molar-refractivity contribution is 5.96. The summed E-state index contributed by atoms with van der Waals surface area (Å²) in [5.74, 6) is 0.0999. The van der Waals surface area contributed by atoms with Gasteiger partial charge in [0.2, 0.25) is 5.91 Å². The Morgan fingerprint density at radius 2 is 1.93 bits per heavy atom. The minimum atomic E-state index is -4.39. The highest BCUT2D eigenvalue weighted by Crippen LogP contribution is 2.35. The number of alkyl halides is 3. The average molecular weight is 398 g/mol. The van der Waals surface area contributed by atoms with Crippen LogP contribution in [-0.4, -0.2) is 22.4 Å². The summed E-state index contributed by atoms with van der Waals surface area (Å²) in [4.78, 5) is 22.4. The molecule has 0 fully saturated rings. The topological polar surface area (TPSA) is 72.1 Å². The Labute approximate surface area is 165 Å². The van der Waals surface area contributed by atoms with Gasteiger partial charge in [0, 0.05) is 30.4 Å². The maximum absolute atomic E-state index is 12.9. The number of benzene rings is 2. The molecular formula is C21H17F3N4O. The molecule has 148 valence electrons. The summed E-state index contributed by atoms with van der Waals surface area (Å²) in [6.07, 6.45) is -0.371. The van der Waals surface area contributed by atoms with E-state index >= 15 is 0 Å². The predicted octanol–water partition coefficient (Wildman–Crippen LogP) is 3.88. The number of anilines is 2. The van der Waals surface area contributed by atoms with Crippen molar-refractivity contribution in [1.29, 1.82) is 0 Å². The lowest BCUT2D eigenvalue weighted by molar-refractivity contribution is -0.137. The van der Waals surface area contributed by atoms with Crippen LogP contribution >= 0.6 is 0 Å². The van der Waals surface area contributed by atoms with Crippen molar-refractivity contribution < 1.29 is 18.0 Å². The predicted molar refractivity (Wildman–Crippen MR) is 102 cm³/mol. The summed E-state index contributed by atoms with van der Waals surface area (Å²) in [6.45, 7) is 0.612. The third-order valence-electron chi connectivity index (χ3n) is 4.88. The fourth-order valence-electron chi connectivity index (χ4n) is 3.58. The molecule has 1 amide bonds. The molecule has 4 rings (SSSR count). The zero-order chi connectivity index (χ0) is 20.6. The molecule has 0 radical (unpaired) electrons. The molecule has 0 aliphatic carbocycles. The molecule has 8 heteroatoms. The molecule has 2 heterocycles. The molecule has 1 aliphatic rings. The van der Waals surface area contributed by atoms with Crippen LogP contribution in [0.3, 0.4) is 0 Å². The van der Waals surface area contributed by atoms with E-state index in [2.05, 4.69) is 9.97 Å². The number of carbonyl (C=O) groups excluding carboxylic acids is 1. The van der Waals surface area contributed by atoms with E-state index in [1.54, 1.807) is 30.6 Å². The van der Waals surface area contributed by atoms with Gasteiger partial charge in [0.15, 0.2) is 5.82 Å². The van der Waals surface area contributed by atoms with Gasteiger partial charge in [0.25, 0.3) is 0 Å². The first kappa shape index (κ1) is 18.9. The number of nitrogens with two attached hydrogens (primary N) is 1. The number of hydrogen-bond acceptors (Lipinski definition) is 4. The van der Waals surface area contributed by atoms with E-state index in [0.29, 0.717) is 35.6 Å². The van der Waals surface area contributed by atoms with E-state index in [0.717, 1.165) is 23.4 Å². The number of carbonyl (C=O) groups is 1. The lowest BCUT2D eigenvalue weighted by Crippen LogP contribution is -2.16. The monoisotopic (exact) mass is 398 g/mol. The molecule has 1 aromatic heterocycles. The van der Waals surface area contributed by atoms with Crippen molar-refractivity contribution in [3.05, 3.63) is 82.8 Å². The van der Waals surface area contributed by atoms with Crippen LogP contribution in [0.25, 0.3) is 0 Å². The van der Waals surface area contributed by atoms with E-state index in [1.807, 2.05) is 11.0 Å². The molecule has 2 aromatic carbocycles. The highest BCUT2D eigenvalue weighted by atomic mass is 19.4. The molecule has 0 bridgehead atoms. The Balaban J connectivity index is 1.62. The molecule has 5 nitrogen and oxygen atoms in total. The molecule has 0 saturated heterocycles. The first-order valence-corrected chi connectivity index (χ1v) is 8.99. The van der Waals surface area contributed by atoms with Crippen molar-refractivity contribution in [3.8, 4) is 0 Å². The second kappa shape index (κ2) is 7.20. The Morgan fingerprint density at radius 3 is 2.69 bits per heavy atom. The van der Waals surface area contributed by atoms with Crippen LogP contribution in [0.2, 0.25) is 0 Å². The number of aromatic nitrogens is 2. The number of nitrogens with zero attached hydrogens (tertiary/aromatic N) is 3. The van der Waals surface area contributed by atoms with Crippen LogP contribution in [0.1, 0.15) is 32.7 Å². The number of fused-ring (bicyclic) bond motifs is 1. The van der Waals surface area contributed by atoms with E-state index in [1.165, 1.54) is 6.07 Å². The third-order valence-corrected chi connectivity index (χ3v) is 4.88. The minimum Gasteiger partial charge on any atom is -0.366 e. The summed E-state index contributed by atoms with van der Waals surface area (Å²) in [7, 11) is 0. The van der Waals surface area contributed by atoms with Gasteiger partial charge in [0.1, 0.15) is 0 Å². The van der Waals surface area contributed by atoms with E-state index in [9.17, 15) is 18.0 Å². The first-order valence-electron chi connectivity index (χ1n) is 8.99. The molecule has 0 spiro atoms. The summed E-state index contributed by atoms with van der Waals surface area (Å²) in [6, 6.07) is 10.5. The van der Waals surface area contributed by atoms with Crippen LogP contribution in [0, 0.1) is 0 Å². The third kappa shape index (κ3) is 3.78. The van der Waals surface area contributed by atoms with Crippen LogP contribution in [0.5, 0.6) is 0 Å². The zero-order valence-electron chi connectivity index (χ0n) is 15.3. The van der Waals surface area contributed by atoms with Crippen LogP contribution in [0.4, 0.5) is 24.7 Å². The quantitative estimate of drug-likeness (QED) is 0.724. The molecule has 3 aromatic rings. The Hall–Kier alpha value is -3.42. The van der Waals surface area contributed by atoms with Gasteiger partial charge >= 0.3 is 6.18 Å². The van der Waals surface area contributed by atoms with Gasteiger partial charge in [0.05, 0.1) is 17.5 Å². The first-order chi connectivity index (χ1) is 13.8. The normalized spacial score (nSPS) is 13.4. The number of primary amides is 1. The van der Waals surface area contributed by atoms with Crippen molar-refractivity contribution in [3.63, 3.8) is 0 Å². The zero-order valence-corrected chi connectivity index (χ0v) is 15.3. The lowest BCUT2D eigenvalue weighted by Gasteiger charge is -2.19. The molecular weight excluding hydrogens is 381 g/mol. The number of halogens is 3. The minimum absolute atomic E-state index is 0.229. The summed E-state index contributed by atoms with van der Waals surface area (Å²) >= 11 is 0. The molecule has 0 unspecified atom stereocenters. The lowest BCUT2D eigenvalue weighted by atomic mass is 10.0. The molecule has 1 aliphatic heterocycles. The standard InChI is InChI=1S/C21H17F3N4O/c22-21(23,24)14-4-1-3-13(9-14)10-15-11-26-12-19(27-15)28-8-7-16-17(20(25)29)5-2-6-18(16)28/h1-6,9,11-12H,7-8,10H2,(H2,25,29). The van der Waals surface area contributed by atoms with Crippen molar-refractivity contribution in [2.75, 3.05) is 11.4 Å². The van der Waals surface area contributed by atoms with Gasteiger partial charge in [-0.2, -0.15) is 13.2 Å². The molecule has 29 heavy (non-hydrogen) atoms. The van der Waals surface area contributed by atoms with Crippen molar-refractivity contribution in [2.45, 2.75) is 19.0 Å². The maximum Gasteiger partial charge on any atom is 0.416 e. The van der Waals surface area contributed by atoms with Crippen LogP contribution in [0.15, 0.2) is 54.9 Å². The van der Waals surface area contributed by atoms with Gasteiger partial charge in [-0.1, -0.05) is 24.3 Å². The largest absolute Gasteiger partial charge is 0.416 e. The average Bonchev–Trinajstić information content (AvgIpc) is 3.12. The Bertz CT molecular complexity index is 1080. The van der Waals surface area contributed by atoms with Gasteiger partial charge in [-0.3, -0.25) is 9.78 Å². The summed E-state index contributed by atoms with van der Waals surface area (Å²) in [5.41, 5.74) is 8.02. The molecule has 2 N–H and O–H groups in total.